The Morgan fingerprint density at radius 1 is 1.19 bits per heavy atom. The summed E-state index contributed by atoms with van der Waals surface area (Å²) in [4.78, 5) is 36.2. The highest BCUT2D eigenvalue weighted by Gasteiger charge is 2.58. The Hall–Kier alpha value is -2.57. The standard InChI is InChI=1S/C32H49N3O8/c1-20(8-11-27-21(2)16-26(23(4)42-27)34-29(37)13-10-22(3)41-24(5)36)9-12-28-31(39)32(19-40-32)18-25(43-28)17-30(38)35-15-7-6-14-33-35/h8-10,12-13,21-23,25-28,31,33,39H,6-7,11,14-19H2,1-5H3,(H,34,37)/b12-9+,13-10-,20-8+/t21-,22?,23?,25+,26?,27-,28+,31+,32+/m0/s1. The van der Waals surface area contributed by atoms with E-state index in [-0.39, 0.29) is 48.5 Å². The number of nitrogens with one attached hydrogen (secondary N) is 2. The summed E-state index contributed by atoms with van der Waals surface area (Å²) in [5.41, 5.74) is 3.54. The van der Waals surface area contributed by atoms with Gasteiger partial charge in [0.2, 0.25) is 11.8 Å². The van der Waals surface area contributed by atoms with E-state index in [1.54, 1.807) is 18.0 Å². The summed E-state index contributed by atoms with van der Waals surface area (Å²) in [5, 5.41) is 15.6. The maximum atomic E-state index is 12.8. The Kier molecular flexibility index (Phi) is 11.6. The minimum absolute atomic E-state index is 0.00415. The van der Waals surface area contributed by atoms with E-state index >= 15 is 0 Å². The predicted octanol–water partition coefficient (Wildman–Crippen LogP) is 2.49. The fraction of sp³-hybridized carbons (Fsp3) is 0.719. The summed E-state index contributed by atoms with van der Waals surface area (Å²) in [5.74, 6) is -0.401. The Morgan fingerprint density at radius 3 is 2.63 bits per heavy atom. The van der Waals surface area contributed by atoms with Crippen LogP contribution < -0.4 is 10.7 Å². The molecular formula is C32H49N3O8. The molecule has 4 rings (SSSR count). The quantitative estimate of drug-likeness (QED) is 0.149. The first-order valence-electron chi connectivity index (χ1n) is 15.6. The number of esters is 1. The number of nitrogens with zero attached hydrogens (tertiary/aromatic N) is 1. The lowest BCUT2D eigenvalue weighted by Crippen LogP contribution is -2.52. The van der Waals surface area contributed by atoms with Crippen LogP contribution in [0.15, 0.2) is 36.0 Å². The van der Waals surface area contributed by atoms with Crippen LogP contribution in [0.1, 0.15) is 73.1 Å². The smallest absolute Gasteiger partial charge is 0.303 e. The average molecular weight is 604 g/mol. The van der Waals surface area contributed by atoms with Gasteiger partial charge in [-0.05, 0) is 58.4 Å². The van der Waals surface area contributed by atoms with Crippen molar-refractivity contribution >= 4 is 17.8 Å². The summed E-state index contributed by atoms with van der Waals surface area (Å²) in [6, 6.07) is -0.121. The first-order chi connectivity index (χ1) is 20.5. The lowest BCUT2D eigenvalue weighted by atomic mass is 9.87. The number of aliphatic hydroxyl groups is 1. The van der Waals surface area contributed by atoms with E-state index in [0.717, 1.165) is 31.4 Å². The fourth-order valence-corrected chi connectivity index (χ4v) is 6.09. The molecule has 2 amide bonds. The molecule has 4 fully saturated rings. The molecule has 4 saturated heterocycles. The first-order valence-corrected chi connectivity index (χ1v) is 15.6. The van der Waals surface area contributed by atoms with Gasteiger partial charge in [-0.3, -0.25) is 19.4 Å². The molecule has 0 aromatic carbocycles. The van der Waals surface area contributed by atoms with Crippen molar-refractivity contribution in [2.24, 2.45) is 5.92 Å². The van der Waals surface area contributed by atoms with Gasteiger partial charge in [-0.25, -0.2) is 5.43 Å². The van der Waals surface area contributed by atoms with Crippen molar-refractivity contribution < 1.29 is 38.4 Å². The second-order valence-electron chi connectivity index (χ2n) is 12.5. The normalized spacial score (nSPS) is 35.7. The number of hydrogen-bond donors (Lipinski definition) is 3. The van der Waals surface area contributed by atoms with Crippen LogP contribution in [0.2, 0.25) is 0 Å². The van der Waals surface area contributed by atoms with E-state index in [9.17, 15) is 19.5 Å². The van der Waals surface area contributed by atoms with Crippen molar-refractivity contribution in [1.29, 1.82) is 0 Å². The van der Waals surface area contributed by atoms with E-state index in [2.05, 4.69) is 23.7 Å². The highest BCUT2D eigenvalue weighted by molar-refractivity contribution is 5.87. The third kappa shape index (κ3) is 9.46. The minimum Gasteiger partial charge on any atom is -0.459 e. The van der Waals surface area contributed by atoms with Gasteiger partial charge in [-0.1, -0.05) is 30.7 Å². The maximum Gasteiger partial charge on any atom is 0.303 e. The Bertz CT molecular complexity index is 1080. The summed E-state index contributed by atoms with van der Waals surface area (Å²) in [6.07, 6.45) is 10.9. The molecule has 0 aromatic rings. The highest BCUT2D eigenvalue weighted by atomic mass is 16.6. The summed E-state index contributed by atoms with van der Waals surface area (Å²) < 4.78 is 23.2. The third-order valence-corrected chi connectivity index (χ3v) is 8.74. The lowest BCUT2D eigenvalue weighted by molar-refractivity contribution is -0.154. The molecule has 3 N–H and O–H groups in total. The van der Waals surface area contributed by atoms with Crippen LogP contribution in [-0.2, 0) is 33.3 Å². The molecule has 4 aliphatic heterocycles. The van der Waals surface area contributed by atoms with E-state index < -0.39 is 29.9 Å². The zero-order chi connectivity index (χ0) is 31.1. The number of ether oxygens (including phenoxy) is 4. The number of carbonyl (C=O) groups is 3. The molecule has 0 bridgehead atoms. The molecule has 240 valence electrons. The lowest BCUT2D eigenvalue weighted by Gasteiger charge is -2.39. The fourth-order valence-electron chi connectivity index (χ4n) is 6.09. The number of hydrogen-bond acceptors (Lipinski definition) is 9. The summed E-state index contributed by atoms with van der Waals surface area (Å²) >= 11 is 0. The first kappa shape index (κ1) is 33.3. The average Bonchev–Trinajstić information content (AvgIpc) is 3.74. The topological polar surface area (TPSA) is 139 Å². The van der Waals surface area contributed by atoms with Crippen LogP contribution in [0.5, 0.6) is 0 Å². The number of rotatable bonds is 10. The predicted molar refractivity (Wildman–Crippen MR) is 159 cm³/mol. The van der Waals surface area contributed by atoms with Gasteiger partial charge < -0.3 is 29.4 Å². The van der Waals surface area contributed by atoms with Crippen LogP contribution in [0.4, 0.5) is 0 Å². The largest absolute Gasteiger partial charge is 0.459 e. The van der Waals surface area contributed by atoms with Crippen LogP contribution in [0.25, 0.3) is 0 Å². The van der Waals surface area contributed by atoms with Crippen molar-refractivity contribution in [1.82, 2.24) is 15.8 Å². The van der Waals surface area contributed by atoms with Gasteiger partial charge in [0.25, 0.3) is 0 Å². The number of allylic oxidation sites excluding steroid dienone is 2. The Balaban J connectivity index is 1.26. The second-order valence-corrected chi connectivity index (χ2v) is 12.5. The molecule has 11 heteroatoms. The van der Waals surface area contributed by atoms with Crippen LogP contribution in [-0.4, -0.2) is 95.9 Å². The van der Waals surface area contributed by atoms with Crippen LogP contribution in [0, 0.1) is 5.92 Å². The molecule has 11 nitrogen and oxygen atoms in total. The molecule has 0 aliphatic carbocycles. The molecule has 0 aromatic heterocycles. The van der Waals surface area contributed by atoms with Crippen molar-refractivity contribution in [2.45, 2.75) is 121 Å². The Labute approximate surface area is 255 Å². The zero-order valence-corrected chi connectivity index (χ0v) is 26.1. The van der Waals surface area contributed by atoms with Crippen molar-refractivity contribution in [3.8, 4) is 0 Å². The molecule has 4 heterocycles. The molecule has 9 atom stereocenters. The van der Waals surface area contributed by atoms with Crippen molar-refractivity contribution in [3.63, 3.8) is 0 Å². The van der Waals surface area contributed by atoms with Gasteiger partial charge in [-0.15, -0.1) is 0 Å². The molecular weight excluding hydrogens is 554 g/mol. The van der Waals surface area contributed by atoms with Gasteiger partial charge in [0.05, 0.1) is 37.4 Å². The molecule has 43 heavy (non-hydrogen) atoms. The van der Waals surface area contributed by atoms with Crippen LogP contribution in [0.3, 0.4) is 0 Å². The number of epoxide rings is 1. The van der Waals surface area contributed by atoms with Crippen molar-refractivity contribution in [2.75, 3.05) is 19.7 Å². The molecule has 3 unspecified atom stereocenters. The molecule has 4 aliphatic rings. The van der Waals surface area contributed by atoms with Crippen molar-refractivity contribution in [3.05, 3.63) is 36.0 Å². The highest BCUT2D eigenvalue weighted by Crippen LogP contribution is 2.43. The number of amides is 2. The maximum absolute atomic E-state index is 12.8. The van der Waals surface area contributed by atoms with Gasteiger partial charge in [-0.2, -0.15) is 0 Å². The zero-order valence-electron chi connectivity index (χ0n) is 26.1. The second kappa shape index (κ2) is 14.9. The van der Waals surface area contributed by atoms with E-state index in [0.29, 0.717) is 26.0 Å². The summed E-state index contributed by atoms with van der Waals surface area (Å²) in [7, 11) is 0. The number of carbonyl (C=O) groups excluding carboxylic acids is 3. The monoisotopic (exact) mass is 603 g/mol. The van der Waals surface area contributed by atoms with Gasteiger partial charge in [0, 0.05) is 32.5 Å². The number of hydrazine groups is 1. The number of aliphatic hydroxyl groups excluding tert-OH is 1. The van der Waals surface area contributed by atoms with E-state index in [1.165, 1.54) is 13.0 Å². The Morgan fingerprint density at radius 2 is 1.95 bits per heavy atom. The van der Waals surface area contributed by atoms with Gasteiger partial charge >= 0.3 is 5.97 Å². The third-order valence-electron chi connectivity index (χ3n) is 8.74. The minimum atomic E-state index is -0.787. The summed E-state index contributed by atoms with van der Waals surface area (Å²) in [6.45, 7) is 11.1. The molecule has 0 radical (unpaired) electrons. The van der Waals surface area contributed by atoms with Gasteiger partial charge in [0.1, 0.15) is 23.9 Å². The van der Waals surface area contributed by atoms with Crippen LogP contribution >= 0.6 is 0 Å². The molecule has 0 saturated carbocycles. The molecule has 1 spiro atoms. The SMILES string of the molecule is CC(=O)OC(C)/C=C\C(=O)NC1C[C@H](C)[C@H](C/C=C(C)/C=C/[C@H]2O[C@H](CC(=O)N3CCCCN3)C[C@@]3(CO3)[C@@H]2O)OC1C. The van der Waals surface area contributed by atoms with E-state index in [1.807, 2.05) is 26.0 Å². The van der Waals surface area contributed by atoms with Gasteiger partial charge in [0.15, 0.2) is 0 Å². The van der Waals surface area contributed by atoms with E-state index in [4.69, 9.17) is 18.9 Å².